The fourth-order valence-corrected chi connectivity index (χ4v) is 2.18. The first-order chi connectivity index (χ1) is 8.28. The Kier molecular flexibility index (Phi) is 2.48. The van der Waals surface area contributed by atoms with Crippen LogP contribution in [0.3, 0.4) is 0 Å². The average Bonchev–Trinajstić information content (AvgIpc) is 2.65. The van der Waals surface area contributed by atoms with Gasteiger partial charge in [-0.25, -0.2) is 9.37 Å². The van der Waals surface area contributed by atoms with Crippen molar-refractivity contribution in [1.82, 2.24) is 15.3 Å². The Morgan fingerprint density at radius 2 is 2.29 bits per heavy atom. The van der Waals surface area contributed by atoms with Crippen LogP contribution in [0.15, 0.2) is 18.2 Å². The van der Waals surface area contributed by atoms with Gasteiger partial charge in [0.05, 0.1) is 17.1 Å². The third-order valence-corrected chi connectivity index (χ3v) is 3.24. The standard InChI is InChI=1S/C12H15FN4/c1-2-17(9-6-14-7-9)12-15-10-4-3-8(13)5-11(10)16-12/h3-5,9,14H,2,6-7H2,1H3,(H,15,16). The molecule has 90 valence electrons. The van der Waals surface area contributed by atoms with E-state index in [2.05, 4.69) is 27.1 Å². The molecule has 2 heterocycles. The minimum atomic E-state index is -0.235. The molecular formula is C12H15FN4. The number of likely N-dealkylation sites (N-methyl/N-ethyl adjacent to an activating group) is 1. The second-order valence-electron chi connectivity index (χ2n) is 4.32. The predicted molar refractivity (Wildman–Crippen MR) is 65.7 cm³/mol. The van der Waals surface area contributed by atoms with Gasteiger partial charge >= 0.3 is 0 Å². The van der Waals surface area contributed by atoms with Crippen molar-refractivity contribution in [2.75, 3.05) is 24.5 Å². The second-order valence-corrected chi connectivity index (χ2v) is 4.32. The highest BCUT2D eigenvalue weighted by Crippen LogP contribution is 2.20. The number of halogens is 1. The van der Waals surface area contributed by atoms with Gasteiger partial charge in [-0.05, 0) is 25.1 Å². The van der Waals surface area contributed by atoms with E-state index >= 15 is 0 Å². The molecule has 1 aliphatic heterocycles. The van der Waals surface area contributed by atoms with Gasteiger partial charge in [-0.15, -0.1) is 0 Å². The molecular weight excluding hydrogens is 219 g/mol. The molecule has 5 heteroatoms. The monoisotopic (exact) mass is 234 g/mol. The van der Waals surface area contributed by atoms with Gasteiger partial charge in [-0.3, -0.25) is 0 Å². The number of anilines is 1. The van der Waals surface area contributed by atoms with Gasteiger partial charge in [0.2, 0.25) is 5.95 Å². The number of H-pyrrole nitrogens is 1. The summed E-state index contributed by atoms with van der Waals surface area (Å²) in [5.41, 5.74) is 1.57. The van der Waals surface area contributed by atoms with E-state index in [9.17, 15) is 4.39 Å². The van der Waals surface area contributed by atoms with E-state index in [0.29, 0.717) is 6.04 Å². The van der Waals surface area contributed by atoms with E-state index in [0.717, 1.165) is 36.6 Å². The quantitative estimate of drug-likeness (QED) is 0.846. The summed E-state index contributed by atoms with van der Waals surface area (Å²) >= 11 is 0. The maximum Gasteiger partial charge on any atom is 0.204 e. The molecule has 1 fully saturated rings. The smallest absolute Gasteiger partial charge is 0.204 e. The largest absolute Gasteiger partial charge is 0.337 e. The highest BCUT2D eigenvalue weighted by Gasteiger charge is 2.25. The third kappa shape index (κ3) is 1.76. The summed E-state index contributed by atoms with van der Waals surface area (Å²) in [6.07, 6.45) is 0. The number of fused-ring (bicyclic) bond motifs is 1. The molecule has 1 aliphatic rings. The van der Waals surface area contributed by atoms with Crippen molar-refractivity contribution in [3.05, 3.63) is 24.0 Å². The van der Waals surface area contributed by atoms with Gasteiger partial charge in [0.25, 0.3) is 0 Å². The summed E-state index contributed by atoms with van der Waals surface area (Å²) in [4.78, 5) is 9.90. The molecule has 0 saturated carbocycles. The predicted octanol–water partition coefficient (Wildman–Crippen LogP) is 1.50. The molecule has 0 aliphatic carbocycles. The summed E-state index contributed by atoms with van der Waals surface area (Å²) in [5.74, 6) is 0.598. The SMILES string of the molecule is CCN(c1nc2ccc(F)cc2[nH]1)C1CNC1. The number of aromatic amines is 1. The summed E-state index contributed by atoms with van der Waals surface area (Å²) in [6, 6.07) is 5.12. The fraction of sp³-hybridized carbons (Fsp3) is 0.417. The zero-order valence-electron chi connectivity index (χ0n) is 9.70. The molecule has 4 nitrogen and oxygen atoms in total. The Balaban J connectivity index is 1.98. The van der Waals surface area contributed by atoms with Crippen LogP contribution in [0.2, 0.25) is 0 Å². The van der Waals surface area contributed by atoms with Crippen LogP contribution >= 0.6 is 0 Å². The van der Waals surface area contributed by atoms with Crippen molar-refractivity contribution in [1.29, 1.82) is 0 Å². The third-order valence-electron chi connectivity index (χ3n) is 3.24. The fourth-order valence-electron chi connectivity index (χ4n) is 2.18. The Bertz CT molecular complexity index is 532. The first kappa shape index (κ1) is 10.5. The maximum atomic E-state index is 13.1. The van der Waals surface area contributed by atoms with E-state index < -0.39 is 0 Å². The number of benzene rings is 1. The van der Waals surface area contributed by atoms with E-state index in [1.54, 1.807) is 6.07 Å². The molecule has 1 aromatic heterocycles. The van der Waals surface area contributed by atoms with Gasteiger partial charge in [0.1, 0.15) is 5.82 Å². The summed E-state index contributed by atoms with van der Waals surface area (Å²) in [5, 5.41) is 3.25. The number of nitrogens with zero attached hydrogens (tertiary/aromatic N) is 2. The number of imidazole rings is 1. The maximum absolute atomic E-state index is 13.1. The zero-order chi connectivity index (χ0) is 11.8. The Labute approximate surface area is 98.8 Å². The summed E-state index contributed by atoms with van der Waals surface area (Å²) < 4.78 is 13.1. The highest BCUT2D eigenvalue weighted by molar-refractivity contribution is 5.77. The molecule has 0 spiro atoms. The molecule has 2 aromatic rings. The first-order valence-electron chi connectivity index (χ1n) is 5.90. The molecule has 0 bridgehead atoms. The zero-order valence-corrected chi connectivity index (χ0v) is 9.70. The minimum absolute atomic E-state index is 0.235. The number of rotatable bonds is 3. The lowest BCUT2D eigenvalue weighted by Gasteiger charge is -2.37. The number of hydrogen-bond donors (Lipinski definition) is 2. The molecule has 0 unspecified atom stereocenters. The Hall–Kier alpha value is -1.62. The Morgan fingerprint density at radius 3 is 2.94 bits per heavy atom. The van der Waals surface area contributed by atoms with Crippen molar-refractivity contribution in [3.63, 3.8) is 0 Å². The molecule has 1 saturated heterocycles. The number of aromatic nitrogens is 2. The Morgan fingerprint density at radius 1 is 1.47 bits per heavy atom. The first-order valence-corrected chi connectivity index (χ1v) is 5.90. The normalized spacial score (nSPS) is 16.1. The van der Waals surface area contributed by atoms with Crippen molar-refractivity contribution in [2.24, 2.45) is 0 Å². The van der Waals surface area contributed by atoms with Crippen LogP contribution in [0.25, 0.3) is 11.0 Å². The number of hydrogen-bond acceptors (Lipinski definition) is 3. The van der Waals surface area contributed by atoms with E-state index in [1.165, 1.54) is 12.1 Å². The number of nitrogens with one attached hydrogen (secondary N) is 2. The summed E-state index contributed by atoms with van der Waals surface area (Å²) in [7, 11) is 0. The topological polar surface area (TPSA) is 44.0 Å². The average molecular weight is 234 g/mol. The lowest BCUT2D eigenvalue weighted by Crippen LogP contribution is -2.57. The van der Waals surface area contributed by atoms with Crippen LogP contribution in [-0.2, 0) is 0 Å². The lowest BCUT2D eigenvalue weighted by molar-refractivity contribution is 0.414. The van der Waals surface area contributed by atoms with E-state index in [4.69, 9.17) is 0 Å². The molecule has 0 atom stereocenters. The van der Waals surface area contributed by atoms with Crippen LogP contribution < -0.4 is 10.2 Å². The molecule has 2 N–H and O–H groups in total. The van der Waals surface area contributed by atoms with Crippen molar-refractivity contribution >= 4 is 17.0 Å². The van der Waals surface area contributed by atoms with Crippen molar-refractivity contribution in [3.8, 4) is 0 Å². The lowest BCUT2D eigenvalue weighted by atomic mass is 10.1. The van der Waals surface area contributed by atoms with Crippen molar-refractivity contribution in [2.45, 2.75) is 13.0 Å². The summed E-state index contributed by atoms with van der Waals surface area (Å²) in [6.45, 7) is 4.97. The van der Waals surface area contributed by atoms with Gasteiger partial charge in [0.15, 0.2) is 0 Å². The van der Waals surface area contributed by atoms with Crippen LogP contribution in [-0.4, -0.2) is 35.6 Å². The van der Waals surface area contributed by atoms with Crippen LogP contribution in [0.4, 0.5) is 10.3 Å². The highest BCUT2D eigenvalue weighted by atomic mass is 19.1. The van der Waals surface area contributed by atoms with Gasteiger partial charge < -0.3 is 15.2 Å². The van der Waals surface area contributed by atoms with Gasteiger partial charge in [-0.2, -0.15) is 0 Å². The van der Waals surface area contributed by atoms with Crippen molar-refractivity contribution < 1.29 is 4.39 Å². The van der Waals surface area contributed by atoms with Crippen LogP contribution in [0, 0.1) is 5.82 Å². The second kappa shape index (κ2) is 4.00. The minimum Gasteiger partial charge on any atom is -0.337 e. The molecule has 0 amide bonds. The molecule has 17 heavy (non-hydrogen) atoms. The van der Waals surface area contributed by atoms with Gasteiger partial charge in [0, 0.05) is 19.6 Å². The van der Waals surface area contributed by atoms with Gasteiger partial charge in [-0.1, -0.05) is 0 Å². The molecule has 3 rings (SSSR count). The van der Waals surface area contributed by atoms with E-state index in [-0.39, 0.29) is 5.82 Å². The van der Waals surface area contributed by atoms with E-state index in [1.807, 2.05) is 0 Å². The van der Waals surface area contributed by atoms with Crippen LogP contribution in [0.1, 0.15) is 6.92 Å². The molecule has 0 radical (unpaired) electrons. The molecule has 1 aromatic carbocycles. The van der Waals surface area contributed by atoms with Crippen LogP contribution in [0.5, 0.6) is 0 Å².